The van der Waals surface area contributed by atoms with Crippen LogP contribution >= 0.6 is 0 Å². The topological polar surface area (TPSA) is 66.8 Å². The van der Waals surface area contributed by atoms with Gasteiger partial charge in [-0.1, -0.05) is 34.1 Å². The summed E-state index contributed by atoms with van der Waals surface area (Å²) in [6, 6.07) is 0. The molecule has 4 nitrogen and oxygen atoms in total. The predicted molar refractivity (Wildman–Crippen MR) is 140 cm³/mol. The van der Waals surface area contributed by atoms with Gasteiger partial charge in [0.25, 0.3) is 0 Å². The molecule has 0 amide bonds. The number of hydrogen-bond acceptors (Lipinski definition) is 3. The van der Waals surface area contributed by atoms with Gasteiger partial charge in [-0.3, -0.25) is 4.79 Å². The van der Waals surface area contributed by atoms with E-state index in [-0.39, 0.29) is 6.10 Å². The molecular formula is C29H52O4Si. The van der Waals surface area contributed by atoms with Crippen LogP contribution in [-0.4, -0.2) is 36.7 Å². The maximum Gasteiger partial charge on any atom is 0.303 e. The number of carbonyl (C=O) groups is 1. The zero-order valence-corrected chi connectivity index (χ0v) is 24.0. The normalized spacial score (nSPS) is 47.4. The highest BCUT2D eigenvalue weighted by Crippen LogP contribution is 2.70. The van der Waals surface area contributed by atoms with Crippen molar-refractivity contribution < 1.29 is 19.4 Å². The average molecular weight is 493 g/mol. The predicted octanol–water partition coefficient (Wildman–Crippen LogP) is 6.97. The minimum absolute atomic E-state index is 0.143. The maximum absolute atomic E-state index is 11.3. The number of aliphatic carboxylic acids is 1. The van der Waals surface area contributed by atoms with Gasteiger partial charge in [-0.15, -0.1) is 0 Å². The van der Waals surface area contributed by atoms with Crippen molar-refractivity contribution in [2.75, 3.05) is 0 Å². The fourth-order valence-electron chi connectivity index (χ4n) is 10.0. The third kappa shape index (κ3) is 4.56. The molecule has 5 heteroatoms. The van der Waals surface area contributed by atoms with E-state index in [1.807, 2.05) is 0 Å². The van der Waals surface area contributed by atoms with Gasteiger partial charge >= 0.3 is 5.97 Å². The van der Waals surface area contributed by atoms with Crippen molar-refractivity contribution in [1.82, 2.24) is 0 Å². The molecule has 4 rings (SSSR count). The number of hydrogen-bond donors (Lipinski definition) is 2. The van der Waals surface area contributed by atoms with Crippen LogP contribution in [0.3, 0.4) is 0 Å². The second-order valence-corrected chi connectivity index (χ2v) is 18.7. The lowest BCUT2D eigenvalue weighted by molar-refractivity contribution is -0.198. The summed E-state index contributed by atoms with van der Waals surface area (Å²) in [6.45, 7) is 16.9. The Kier molecular flexibility index (Phi) is 7.44. The van der Waals surface area contributed by atoms with E-state index in [1.165, 1.54) is 25.7 Å². The van der Waals surface area contributed by atoms with Crippen LogP contribution in [0.1, 0.15) is 91.9 Å². The minimum Gasteiger partial charge on any atom is -0.481 e. The molecule has 4 aliphatic rings. The number of rotatable bonds is 7. The molecule has 0 spiro atoms. The van der Waals surface area contributed by atoms with Crippen LogP contribution < -0.4 is 0 Å². The van der Waals surface area contributed by atoms with E-state index in [0.29, 0.717) is 64.8 Å². The minimum atomic E-state index is -1.74. The van der Waals surface area contributed by atoms with Crippen LogP contribution in [0, 0.1) is 52.3 Å². The van der Waals surface area contributed by atoms with E-state index in [2.05, 4.69) is 47.3 Å². The van der Waals surface area contributed by atoms with Gasteiger partial charge in [0, 0.05) is 6.42 Å². The Labute approximate surface area is 209 Å². The number of aliphatic hydroxyl groups is 1. The van der Waals surface area contributed by atoms with Crippen molar-refractivity contribution in [3.63, 3.8) is 0 Å². The smallest absolute Gasteiger partial charge is 0.303 e. The SMILES string of the molecule is CC[C@@H]1C2C[C@H](O)CCC2(C)[C@H]2CCC3(C)C([C@H](C)CCC(=O)O)CC[C@H]3[C@@H]2[C@@H]1O[Si](C)(C)C. The lowest BCUT2D eigenvalue weighted by Gasteiger charge is -2.66. The molecule has 0 bridgehead atoms. The number of carboxylic acid groups (broad SMARTS) is 1. The molecule has 11 atom stereocenters. The first-order valence-electron chi connectivity index (χ1n) is 14.4. The Hall–Kier alpha value is -0.393. The Morgan fingerprint density at radius 1 is 1.03 bits per heavy atom. The summed E-state index contributed by atoms with van der Waals surface area (Å²) < 4.78 is 7.19. The molecule has 0 heterocycles. The van der Waals surface area contributed by atoms with Gasteiger partial charge in [0.15, 0.2) is 8.32 Å². The summed E-state index contributed by atoms with van der Waals surface area (Å²) >= 11 is 0. The first-order chi connectivity index (χ1) is 15.8. The van der Waals surface area contributed by atoms with Crippen molar-refractivity contribution in [2.24, 2.45) is 52.3 Å². The van der Waals surface area contributed by atoms with Crippen LogP contribution in [0.25, 0.3) is 0 Å². The van der Waals surface area contributed by atoms with E-state index in [1.54, 1.807) is 0 Å². The van der Waals surface area contributed by atoms with Crippen molar-refractivity contribution in [3.8, 4) is 0 Å². The molecule has 4 saturated carbocycles. The van der Waals surface area contributed by atoms with E-state index in [9.17, 15) is 15.0 Å². The summed E-state index contributed by atoms with van der Waals surface area (Å²) in [5.41, 5.74) is 0.619. The van der Waals surface area contributed by atoms with E-state index >= 15 is 0 Å². The molecule has 34 heavy (non-hydrogen) atoms. The van der Waals surface area contributed by atoms with Gasteiger partial charge in [0.1, 0.15) is 0 Å². The summed E-state index contributed by atoms with van der Waals surface area (Å²) in [4.78, 5) is 11.3. The molecule has 2 N–H and O–H groups in total. The van der Waals surface area contributed by atoms with Gasteiger partial charge in [-0.2, -0.15) is 0 Å². The summed E-state index contributed by atoms with van der Waals surface area (Å²) in [5.74, 6) is 3.54. The van der Waals surface area contributed by atoms with Gasteiger partial charge in [-0.05, 0) is 123 Å². The second kappa shape index (κ2) is 9.48. The molecule has 0 saturated heterocycles. The van der Waals surface area contributed by atoms with Crippen LogP contribution in [-0.2, 0) is 9.22 Å². The maximum atomic E-state index is 11.3. The lowest BCUT2D eigenvalue weighted by Crippen LogP contribution is -2.63. The van der Waals surface area contributed by atoms with Crippen molar-refractivity contribution in [2.45, 2.75) is 124 Å². The van der Waals surface area contributed by atoms with Gasteiger partial charge in [0.05, 0.1) is 12.2 Å². The highest BCUT2D eigenvalue weighted by Gasteiger charge is 2.65. The van der Waals surface area contributed by atoms with Gasteiger partial charge < -0.3 is 14.6 Å². The number of fused-ring (bicyclic) bond motifs is 5. The van der Waals surface area contributed by atoms with Crippen molar-refractivity contribution in [3.05, 3.63) is 0 Å². The van der Waals surface area contributed by atoms with Crippen LogP contribution in [0.4, 0.5) is 0 Å². The summed E-state index contributed by atoms with van der Waals surface area (Å²) in [5, 5.41) is 20.0. The zero-order chi connectivity index (χ0) is 25.1. The Morgan fingerprint density at radius 3 is 2.29 bits per heavy atom. The van der Waals surface area contributed by atoms with Crippen molar-refractivity contribution >= 4 is 14.3 Å². The molecule has 0 aromatic rings. The van der Waals surface area contributed by atoms with Crippen molar-refractivity contribution in [1.29, 1.82) is 0 Å². The lowest BCUT2D eigenvalue weighted by atomic mass is 9.41. The average Bonchev–Trinajstić information content (AvgIpc) is 3.09. The molecule has 4 fully saturated rings. The van der Waals surface area contributed by atoms with Crippen LogP contribution in [0.2, 0.25) is 19.6 Å². The molecule has 0 aliphatic heterocycles. The Balaban J connectivity index is 1.70. The Morgan fingerprint density at radius 2 is 1.68 bits per heavy atom. The fraction of sp³-hybridized carbons (Fsp3) is 0.966. The molecule has 4 unspecified atom stereocenters. The first-order valence-corrected chi connectivity index (χ1v) is 17.8. The number of carboxylic acids is 1. The van der Waals surface area contributed by atoms with Gasteiger partial charge in [0.2, 0.25) is 0 Å². The zero-order valence-electron chi connectivity index (χ0n) is 23.0. The van der Waals surface area contributed by atoms with Crippen LogP contribution in [0.5, 0.6) is 0 Å². The molecule has 0 radical (unpaired) electrons. The van der Waals surface area contributed by atoms with Crippen LogP contribution in [0.15, 0.2) is 0 Å². The standard InChI is InChI=1S/C29H52O4Si/c1-8-20-24-17-19(30)13-15-29(24,4)23-14-16-28(3)21(18(2)9-12-25(31)32)10-11-22(28)26(23)27(20)33-34(5,6)7/h18-24,26-27,30H,8-17H2,1-7H3,(H,31,32)/t18-,19-,20-,21?,22+,23+,24?,26+,27-,28?,29?/m1/s1. The van der Waals surface area contributed by atoms with Gasteiger partial charge in [-0.25, -0.2) is 0 Å². The van der Waals surface area contributed by atoms with E-state index in [0.717, 1.165) is 32.1 Å². The summed E-state index contributed by atoms with van der Waals surface area (Å²) in [7, 11) is -1.74. The third-order valence-corrected chi connectivity index (χ3v) is 12.4. The molecule has 196 valence electrons. The molecule has 4 aliphatic carbocycles. The first kappa shape index (κ1) is 26.7. The fourth-order valence-corrected chi connectivity index (χ4v) is 11.2. The monoisotopic (exact) mass is 492 g/mol. The third-order valence-electron chi connectivity index (χ3n) is 11.4. The second-order valence-electron chi connectivity index (χ2n) is 14.2. The quantitative estimate of drug-likeness (QED) is 0.376. The Bertz CT molecular complexity index is 749. The highest BCUT2D eigenvalue weighted by molar-refractivity contribution is 6.69. The molecular weight excluding hydrogens is 440 g/mol. The van der Waals surface area contributed by atoms with E-state index in [4.69, 9.17) is 4.43 Å². The summed E-state index contributed by atoms with van der Waals surface area (Å²) in [6.07, 6.45) is 10.6. The largest absolute Gasteiger partial charge is 0.481 e. The van der Waals surface area contributed by atoms with E-state index < -0.39 is 14.3 Å². The highest BCUT2D eigenvalue weighted by atomic mass is 28.4. The number of aliphatic hydroxyl groups excluding tert-OH is 1. The molecule has 0 aromatic carbocycles. The molecule has 0 aromatic heterocycles.